The van der Waals surface area contributed by atoms with Gasteiger partial charge in [-0.2, -0.15) is 0 Å². The van der Waals surface area contributed by atoms with E-state index in [9.17, 15) is 14.0 Å². The molecule has 0 heterocycles. The van der Waals surface area contributed by atoms with Crippen LogP contribution in [0.25, 0.3) is 0 Å². The largest absolute Gasteiger partial charge is 0.459 e. The van der Waals surface area contributed by atoms with Crippen molar-refractivity contribution in [1.82, 2.24) is 0 Å². The molecule has 0 amide bonds. The van der Waals surface area contributed by atoms with E-state index in [1.165, 1.54) is 24.3 Å². The first kappa shape index (κ1) is 15.3. The van der Waals surface area contributed by atoms with Gasteiger partial charge in [-0.25, -0.2) is 4.39 Å². The topological polar surface area (TPSA) is 69.4 Å². The summed E-state index contributed by atoms with van der Waals surface area (Å²) in [4.78, 5) is 23.4. The third-order valence-corrected chi connectivity index (χ3v) is 2.28. The van der Waals surface area contributed by atoms with E-state index in [4.69, 9.17) is 10.5 Å². The number of carbonyl (C=O) groups excluding carboxylic acids is 2. The van der Waals surface area contributed by atoms with E-state index in [2.05, 4.69) is 0 Å². The zero-order valence-corrected chi connectivity index (χ0v) is 11.3. The Morgan fingerprint density at radius 2 is 1.79 bits per heavy atom. The van der Waals surface area contributed by atoms with E-state index >= 15 is 0 Å². The summed E-state index contributed by atoms with van der Waals surface area (Å²) in [5.41, 5.74) is 5.30. The van der Waals surface area contributed by atoms with E-state index in [1.54, 1.807) is 20.8 Å². The van der Waals surface area contributed by atoms with Gasteiger partial charge in [-0.1, -0.05) is 0 Å². The summed E-state index contributed by atoms with van der Waals surface area (Å²) in [7, 11) is 0. The second kappa shape index (κ2) is 5.93. The molecule has 1 aromatic rings. The molecular weight excluding hydrogens is 249 g/mol. The number of hydrogen-bond donors (Lipinski definition) is 1. The van der Waals surface area contributed by atoms with Crippen molar-refractivity contribution in [3.63, 3.8) is 0 Å². The number of hydrogen-bond acceptors (Lipinski definition) is 4. The highest BCUT2D eigenvalue weighted by atomic mass is 19.1. The fourth-order valence-electron chi connectivity index (χ4n) is 1.41. The van der Waals surface area contributed by atoms with Crippen molar-refractivity contribution in [3.8, 4) is 0 Å². The van der Waals surface area contributed by atoms with E-state index in [-0.39, 0.29) is 12.2 Å². The number of nitrogens with two attached hydrogens (primary N) is 1. The van der Waals surface area contributed by atoms with Crippen LogP contribution in [0, 0.1) is 5.82 Å². The Bertz CT molecular complexity index is 463. The van der Waals surface area contributed by atoms with Gasteiger partial charge in [0.25, 0.3) is 0 Å². The van der Waals surface area contributed by atoms with Crippen LogP contribution in [0.5, 0.6) is 0 Å². The normalized spacial score (nSPS) is 12.9. The Labute approximate surface area is 111 Å². The number of ketones is 1. The van der Waals surface area contributed by atoms with Gasteiger partial charge in [-0.15, -0.1) is 0 Å². The van der Waals surface area contributed by atoms with Gasteiger partial charge in [0.05, 0.1) is 0 Å². The molecule has 2 N–H and O–H groups in total. The molecule has 0 fully saturated rings. The minimum absolute atomic E-state index is 0.166. The number of ether oxygens (including phenoxy) is 1. The first-order valence-corrected chi connectivity index (χ1v) is 5.96. The van der Waals surface area contributed by atoms with Gasteiger partial charge in [0.2, 0.25) is 0 Å². The predicted molar refractivity (Wildman–Crippen MR) is 69.2 cm³/mol. The summed E-state index contributed by atoms with van der Waals surface area (Å²) in [5.74, 6) is -1.37. The minimum atomic E-state index is -1.02. The molecule has 5 heteroatoms. The molecular formula is C14H18FNO3. The van der Waals surface area contributed by atoms with Crippen molar-refractivity contribution in [3.05, 3.63) is 35.6 Å². The number of rotatable bonds is 4. The summed E-state index contributed by atoms with van der Waals surface area (Å²) < 4.78 is 17.8. The first-order valence-electron chi connectivity index (χ1n) is 5.96. The van der Waals surface area contributed by atoms with Crippen molar-refractivity contribution in [1.29, 1.82) is 0 Å². The van der Waals surface area contributed by atoms with E-state index in [1.807, 2.05) is 0 Å². The van der Waals surface area contributed by atoms with Gasteiger partial charge in [0.1, 0.15) is 17.5 Å². The summed E-state index contributed by atoms with van der Waals surface area (Å²) in [6, 6.07) is 4.08. The van der Waals surface area contributed by atoms with Crippen molar-refractivity contribution in [2.75, 3.05) is 0 Å². The molecule has 104 valence electrons. The molecule has 0 aliphatic carbocycles. The van der Waals surface area contributed by atoms with Crippen LogP contribution < -0.4 is 5.73 Å². The number of benzene rings is 1. The highest BCUT2D eigenvalue weighted by molar-refractivity contribution is 5.98. The van der Waals surface area contributed by atoms with E-state index in [0.29, 0.717) is 5.56 Å². The lowest BCUT2D eigenvalue weighted by Gasteiger charge is -2.21. The highest BCUT2D eigenvalue weighted by Gasteiger charge is 2.24. The van der Waals surface area contributed by atoms with Gasteiger partial charge in [-0.05, 0) is 45.0 Å². The molecule has 1 unspecified atom stereocenters. The van der Waals surface area contributed by atoms with Gasteiger partial charge >= 0.3 is 5.97 Å². The third-order valence-electron chi connectivity index (χ3n) is 2.28. The Balaban J connectivity index is 2.61. The van der Waals surface area contributed by atoms with Crippen molar-refractivity contribution in [2.45, 2.75) is 38.8 Å². The summed E-state index contributed by atoms with van der Waals surface area (Å²) in [6.45, 7) is 5.16. The summed E-state index contributed by atoms with van der Waals surface area (Å²) in [5, 5.41) is 0. The molecule has 0 aromatic heterocycles. The maximum atomic E-state index is 12.7. The van der Waals surface area contributed by atoms with E-state index in [0.717, 1.165) is 0 Å². The molecule has 0 spiro atoms. The second-order valence-electron chi connectivity index (χ2n) is 5.27. The van der Waals surface area contributed by atoms with Crippen molar-refractivity contribution in [2.24, 2.45) is 5.73 Å². The van der Waals surface area contributed by atoms with Gasteiger partial charge < -0.3 is 10.5 Å². The molecule has 0 aliphatic rings. The van der Waals surface area contributed by atoms with Crippen LogP contribution in [0.1, 0.15) is 37.6 Å². The van der Waals surface area contributed by atoms with Crippen LogP contribution in [-0.4, -0.2) is 23.4 Å². The summed E-state index contributed by atoms with van der Waals surface area (Å²) >= 11 is 0. The SMILES string of the molecule is CC(C)(C)OC(=O)C(N)CC(=O)c1ccc(F)cc1. The van der Waals surface area contributed by atoms with Gasteiger partial charge in [0.15, 0.2) is 5.78 Å². The molecule has 0 saturated heterocycles. The molecule has 4 nitrogen and oxygen atoms in total. The molecule has 1 rings (SSSR count). The average Bonchev–Trinajstić information content (AvgIpc) is 2.27. The lowest BCUT2D eigenvalue weighted by Crippen LogP contribution is -2.38. The minimum Gasteiger partial charge on any atom is -0.459 e. The number of halogens is 1. The lowest BCUT2D eigenvalue weighted by atomic mass is 10.0. The third kappa shape index (κ3) is 5.18. The Morgan fingerprint density at radius 1 is 1.26 bits per heavy atom. The van der Waals surface area contributed by atoms with Gasteiger partial charge in [0, 0.05) is 12.0 Å². The van der Waals surface area contributed by atoms with Gasteiger partial charge in [-0.3, -0.25) is 9.59 Å². The summed E-state index contributed by atoms with van der Waals surface area (Å²) in [6.07, 6.45) is -0.166. The predicted octanol–water partition coefficient (Wildman–Crippen LogP) is 2.07. The molecule has 0 saturated carbocycles. The number of esters is 1. The zero-order chi connectivity index (χ0) is 14.6. The van der Waals surface area contributed by atoms with Crippen LogP contribution in [-0.2, 0) is 9.53 Å². The Hall–Kier alpha value is -1.75. The fraction of sp³-hybridized carbons (Fsp3) is 0.429. The molecule has 0 radical (unpaired) electrons. The van der Waals surface area contributed by atoms with Crippen LogP contribution in [0.4, 0.5) is 4.39 Å². The second-order valence-corrected chi connectivity index (χ2v) is 5.27. The van der Waals surface area contributed by atoms with Crippen LogP contribution >= 0.6 is 0 Å². The Morgan fingerprint density at radius 3 is 2.26 bits per heavy atom. The quantitative estimate of drug-likeness (QED) is 0.669. The standard InChI is InChI=1S/C14H18FNO3/c1-14(2,3)19-13(18)11(16)8-12(17)9-4-6-10(15)7-5-9/h4-7,11H,8,16H2,1-3H3. The molecule has 1 aromatic carbocycles. The Kier molecular flexibility index (Phi) is 4.78. The average molecular weight is 267 g/mol. The number of Topliss-reactive ketones (excluding diaryl/α,β-unsaturated/α-hetero) is 1. The maximum Gasteiger partial charge on any atom is 0.323 e. The molecule has 1 atom stereocenters. The van der Waals surface area contributed by atoms with E-state index < -0.39 is 23.4 Å². The van der Waals surface area contributed by atoms with Crippen molar-refractivity contribution >= 4 is 11.8 Å². The first-order chi connectivity index (χ1) is 8.69. The zero-order valence-electron chi connectivity index (χ0n) is 11.3. The fourth-order valence-corrected chi connectivity index (χ4v) is 1.41. The maximum absolute atomic E-state index is 12.7. The molecule has 0 aliphatic heterocycles. The van der Waals surface area contributed by atoms with Crippen LogP contribution in [0.2, 0.25) is 0 Å². The van der Waals surface area contributed by atoms with Crippen LogP contribution in [0.15, 0.2) is 24.3 Å². The number of carbonyl (C=O) groups is 2. The highest BCUT2D eigenvalue weighted by Crippen LogP contribution is 2.11. The smallest absolute Gasteiger partial charge is 0.323 e. The van der Waals surface area contributed by atoms with Crippen LogP contribution in [0.3, 0.4) is 0 Å². The molecule has 0 bridgehead atoms. The monoisotopic (exact) mass is 267 g/mol. The lowest BCUT2D eigenvalue weighted by molar-refractivity contribution is -0.156. The molecule has 19 heavy (non-hydrogen) atoms. The van der Waals surface area contributed by atoms with Crippen molar-refractivity contribution < 1.29 is 18.7 Å².